The highest BCUT2D eigenvalue weighted by Gasteiger charge is 2.19. The lowest BCUT2D eigenvalue weighted by atomic mass is 10.1. The highest BCUT2D eigenvalue weighted by Crippen LogP contribution is 2.11. The Hall–Kier alpha value is -0.570. The quantitative estimate of drug-likeness (QED) is 0.714. The summed E-state index contributed by atoms with van der Waals surface area (Å²) in [6.45, 7) is 3.41. The van der Waals surface area contributed by atoms with Crippen molar-refractivity contribution in [2.45, 2.75) is 45.1 Å². The monoisotopic (exact) mass is 185 g/mol. The van der Waals surface area contributed by atoms with Gasteiger partial charge in [-0.2, -0.15) is 0 Å². The number of nitrogens with zero attached hydrogens (tertiary/aromatic N) is 1. The molecule has 0 aromatic rings. The summed E-state index contributed by atoms with van der Waals surface area (Å²) >= 11 is 0. The standard InChI is InChI=1S/C10H19NO2/c1-2-5-9(12)8-11-7-4-3-6-10(11)13/h9,12H,2-8H2,1H3. The van der Waals surface area contributed by atoms with Gasteiger partial charge in [0.15, 0.2) is 0 Å². The Morgan fingerprint density at radius 1 is 1.54 bits per heavy atom. The lowest BCUT2D eigenvalue weighted by molar-refractivity contribution is -0.134. The number of hydrogen-bond donors (Lipinski definition) is 1. The van der Waals surface area contributed by atoms with Crippen LogP contribution in [0.4, 0.5) is 0 Å². The van der Waals surface area contributed by atoms with E-state index in [9.17, 15) is 9.90 Å². The molecule has 1 atom stereocenters. The van der Waals surface area contributed by atoms with Crippen molar-refractivity contribution in [3.63, 3.8) is 0 Å². The van der Waals surface area contributed by atoms with Gasteiger partial charge < -0.3 is 10.0 Å². The Balaban J connectivity index is 2.29. The van der Waals surface area contributed by atoms with Gasteiger partial charge in [0, 0.05) is 19.5 Å². The molecule has 1 amide bonds. The highest BCUT2D eigenvalue weighted by atomic mass is 16.3. The van der Waals surface area contributed by atoms with E-state index in [2.05, 4.69) is 0 Å². The summed E-state index contributed by atoms with van der Waals surface area (Å²) in [5, 5.41) is 9.53. The van der Waals surface area contributed by atoms with Crippen molar-refractivity contribution in [1.29, 1.82) is 0 Å². The van der Waals surface area contributed by atoms with Gasteiger partial charge in [-0.15, -0.1) is 0 Å². The summed E-state index contributed by atoms with van der Waals surface area (Å²) < 4.78 is 0. The number of rotatable bonds is 4. The molecule has 0 aromatic heterocycles. The van der Waals surface area contributed by atoms with E-state index in [0.29, 0.717) is 13.0 Å². The second-order valence-electron chi connectivity index (χ2n) is 3.74. The molecule has 1 saturated heterocycles. The fraction of sp³-hybridized carbons (Fsp3) is 0.900. The van der Waals surface area contributed by atoms with E-state index in [1.807, 2.05) is 6.92 Å². The number of aliphatic hydroxyl groups is 1. The molecule has 1 rings (SSSR count). The number of hydrogen-bond acceptors (Lipinski definition) is 2. The fourth-order valence-electron chi connectivity index (χ4n) is 1.73. The Bertz CT molecular complexity index is 170. The molecule has 0 aromatic carbocycles. The van der Waals surface area contributed by atoms with Gasteiger partial charge in [-0.05, 0) is 19.3 Å². The van der Waals surface area contributed by atoms with E-state index < -0.39 is 0 Å². The van der Waals surface area contributed by atoms with Crippen molar-refractivity contribution in [1.82, 2.24) is 4.90 Å². The predicted molar refractivity (Wildman–Crippen MR) is 51.3 cm³/mol. The van der Waals surface area contributed by atoms with E-state index in [-0.39, 0.29) is 12.0 Å². The van der Waals surface area contributed by atoms with Gasteiger partial charge >= 0.3 is 0 Å². The molecule has 0 spiro atoms. The summed E-state index contributed by atoms with van der Waals surface area (Å²) in [6, 6.07) is 0. The van der Waals surface area contributed by atoms with Crippen LogP contribution in [0, 0.1) is 0 Å². The van der Waals surface area contributed by atoms with Gasteiger partial charge in [-0.25, -0.2) is 0 Å². The van der Waals surface area contributed by atoms with Gasteiger partial charge in [0.05, 0.1) is 6.10 Å². The first-order chi connectivity index (χ1) is 6.24. The first-order valence-electron chi connectivity index (χ1n) is 5.20. The molecule has 0 saturated carbocycles. The minimum absolute atomic E-state index is 0.210. The van der Waals surface area contributed by atoms with Crippen LogP contribution in [0.2, 0.25) is 0 Å². The third-order valence-corrected chi connectivity index (χ3v) is 2.47. The van der Waals surface area contributed by atoms with Crippen molar-refractivity contribution in [2.24, 2.45) is 0 Å². The van der Waals surface area contributed by atoms with Crippen molar-refractivity contribution in [3.05, 3.63) is 0 Å². The van der Waals surface area contributed by atoms with E-state index in [1.54, 1.807) is 4.90 Å². The number of amides is 1. The molecule has 1 unspecified atom stereocenters. The van der Waals surface area contributed by atoms with Crippen LogP contribution >= 0.6 is 0 Å². The molecule has 13 heavy (non-hydrogen) atoms. The zero-order valence-electron chi connectivity index (χ0n) is 8.33. The van der Waals surface area contributed by atoms with Crippen LogP contribution in [0.3, 0.4) is 0 Å². The molecule has 0 bridgehead atoms. The molecule has 0 radical (unpaired) electrons. The van der Waals surface area contributed by atoms with Gasteiger partial charge in [0.1, 0.15) is 0 Å². The Labute approximate surface area is 79.7 Å². The zero-order chi connectivity index (χ0) is 9.68. The van der Waals surface area contributed by atoms with Crippen LogP contribution in [0.5, 0.6) is 0 Å². The summed E-state index contributed by atoms with van der Waals surface area (Å²) in [5.41, 5.74) is 0. The Morgan fingerprint density at radius 2 is 2.31 bits per heavy atom. The minimum atomic E-state index is -0.327. The van der Waals surface area contributed by atoms with Crippen LogP contribution in [-0.2, 0) is 4.79 Å². The van der Waals surface area contributed by atoms with E-state index >= 15 is 0 Å². The number of carbonyl (C=O) groups excluding carboxylic acids is 1. The third-order valence-electron chi connectivity index (χ3n) is 2.47. The summed E-state index contributed by atoms with van der Waals surface area (Å²) in [6.07, 6.45) is 4.21. The van der Waals surface area contributed by atoms with Crippen molar-refractivity contribution in [2.75, 3.05) is 13.1 Å². The molecule has 1 heterocycles. The van der Waals surface area contributed by atoms with Gasteiger partial charge in [0.25, 0.3) is 0 Å². The van der Waals surface area contributed by atoms with E-state index in [1.165, 1.54) is 0 Å². The van der Waals surface area contributed by atoms with Crippen molar-refractivity contribution < 1.29 is 9.90 Å². The van der Waals surface area contributed by atoms with E-state index in [0.717, 1.165) is 32.2 Å². The summed E-state index contributed by atoms with van der Waals surface area (Å²) in [7, 11) is 0. The molecule has 1 N–H and O–H groups in total. The SMILES string of the molecule is CCCC(O)CN1CCCCC1=O. The third kappa shape index (κ3) is 3.35. The summed E-state index contributed by atoms with van der Waals surface area (Å²) in [5.74, 6) is 0.210. The van der Waals surface area contributed by atoms with Crippen LogP contribution in [0.15, 0.2) is 0 Å². The molecule has 1 fully saturated rings. The average molecular weight is 185 g/mol. The largest absolute Gasteiger partial charge is 0.391 e. The van der Waals surface area contributed by atoms with Crippen LogP contribution in [0.25, 0.3) is 0 Å². The number of piperidine rings is 1. The molecule has 3 nitrogen and oxygen atoms in total. The molecular formula is C10H19NO2. The topological polar surface area (TPSA) is 40.5 Å². The Kier molecular flexibility index (Phi) is 4.22. The molecule has 1 aliphatic heterocycles. The van der Waals surface area contributed by atoms with Crippen molar-refractivity contribution >= 4 is 5.91 Å². The van der Waals surface area contributed by atoms with Crippen LogP contribution in [0.1, 0.15) is 39.0 Å². The number of likely N-dealkylation sites (tertiary alicyclic amines) is 1. The maximum Gasteiger partial charge on any atom is 0.222 e. The maximum atomic E-state index is 11.3. The number of aliphatic hydroxyl groups excluding tert-OH is 1. The molecule has 3 heteroatoms. The fourth-order valence-corrected chi connectivity index (χ4v) is 1.73. The normalized spacial score (nSPS) is 20.5. The zero-order valence-corrected chi connectivity index (χ0v) is 8.33. The summed E-state index contributed by atoms with van der Waals surface area (Å²) in [4.78, 5) is 13.1. The molecule has 0 aliphatic carbocycles. The molecule has 1 aliphatic rings. The first-order valence-corrected chi connectivity index (χ1v) is 5.20. The predicted octanol–water partition coefficient (Wildman–Crippen LogP) is 1.16. The number of β-amino-alcohol motifs (C(OH)–C–C–N with tert-alkyl or cyclic N) is 1. The molecular weight excluding hydrogens is 166 g/mol. The van der Waals surface area contributed by atoms with Gasteiger partial charge in [-0.3, -0.25) is 4.79 Å². The van der Waals surface area contributed by atoms with E-state index in [4.69, 9.17) is 0 Å². The second-order valence-corrected chi connectivity index (χ2v) is 3.74. The number of carbonyl (C=O) groups is 1. The lowest BCUT2D eigenvalue weighted by Gasteiger charge is -2.28. The first kappa shape index (κ1) is 10.5. The van der Waals surface area contributed by atoms with Gasteiger partial charge in [0.2, 0.25) is 5.91 Å². The van der Waals surface area contributed by atoms with Gasteiger partial charge in [-0.1, -0.05) is 13.3 Å². The lowest BCUT2D eigenvalue weighted by Crippen LogP contribution is -2.40. The smallest absolute Gasteiger partial charge is 0.222 e. The molecule has 76 valence electrons. The van der Waals surface area contributed by atoms with Crippen LogP contribution in [-0.4, -0.2) is 35.1 Å². The average Bonchev–Trinajstić information content (AvgIpc) is 2.09. The second kappa shape index (κ2) is 5.22. The highest BCUT2D eigenvalue weighted by molar-refractivity contribution is 5.76. The van der Waals surface area contributed by atoms with Crippen molar-refractivity contribution in [3.8, 4) is 0 Å². The minimum Gasteiger partial charge on any atom is -0.391 e. The Morgan fingerprint density at radius 3 is 2.92 bits per heavy atom. The van der Waals surface area contributed by atoms with Crippen LogP contribution < -0.4 is 0 Å². The maximum absolute atomic E-state index is 11.3.